The molecule has 0 aliphatic heterocycles. The Bertz CT molecular complexity index is 405. The summed E-state index contributed by atoms with van der Waals surface area (Å²) in [6, 6.07) is 6.36. The van der Waals surface area contributed by atoms with Gasteiger partial charge in [-0.05, 0) is 37.1 Å². The fraction of sp³-hybridized carbons (Fsp3) is 0.562. The maximum Gasteiger partial charge on any atom is 0.325 e. The Morgan fingerprint density at radius 1 is 1.24 bits per heavy atom. The van der Waals surface area contributed by atoms with Gasteiger partial charge in [-0.25, -0.2) is 0 Å². The number of unbranched alkanes of at least 4 members (excludes halogenated alkanes) is 1. The van der Waals surface area contributed by atoms with Crippen LogP contribution in [0, 0.1) is 0 Å². The number of carbonyl (C=O) groups is 1. The summed E-state index contributed by atoms with van der Waals surface area (Å²) < 4.78 is 10.5. The van der Waals surface area contributed by atoms with Crippen molar-refractivity contribution in [3.8, 4) is 5.75 Å². The van der Waals surface area contributed by atoms with Crippen LogP contribution >= 0.6 is 0 Å². The summed E-state index contributed by atoms with van der Waals surface area (Å²) in [5, 5.41) is 12.3. The van der Waals surface area contributed by atoms with E-state index < -0.39 is 12.0 Å². The van der Waals surface area contributed by atoms with Crippen LogP contribution in [0.2, 0.25) is 0 Å². The number of benzene rings is 1. The zero-order valence-corrected chi connectivity index (χ0v) is 12.8. The number of hydrogen-bond acceptors (Lipinski definition) is 4. The van der Waals surface area contributed by atoms with Crippen LogP contribution < -0.4 is 10.1 Å². The van der Waals surface area contributed by atoms with Gasteiger partial charge in [0.05, 0.1) is 7.11 Å². The van der Waals surface area contributed by atoms with E-state index in [1.807, 2.05) is 0 Å². The predicted octanol–water partition coefficient (Wildman–Crippen LogP) is 2.62. The molecule has 1 atom stereocenters. The van der Waals surface area contributed by atoms with Crippen LogP contribution in [-0.2, 0) is 9.53 Å². The van der Waals surface area contributed by atoms with Gasteiger partial charge >= 0.3 is 5.97 Å². The molecule has 0 amide bonds. The molecular weight excluding hydrogens is 270 g/mol. The van der Waals surface area contributed by atoms with E-state index in [-0.39, 0.29) is 0 Å². The van der Waals surface area contributed by atoms with Crippen LogP contribution in [0.15, 0.2) is 24.3 Å². The lowest BCUT2D eigenvalue weighted by molar-refractivity contribution is -0.139. The number of ether oxygens (including phenoxy) is 2. The SMILES string of the molecule is CCCCOCCCNC(C(=O)O)c1ccc(OC)cc1. The topological polar surface area (TPSA) is 67.8 Å². The second-order valence-electron chi connectivity index (χ2n) is 4.82. The zero-order chi connectivity index (χ0) is 15.5. The summed E-state index contributed by atoms with van der Waals surface area (Å²) in [4.78, 5) is 11.3. The number of carboxylic acids is 1. The minimum absolute atomic E-state index is 0.606. The molecule has 1 aromatic rings. The summed E-state index contributed by atoms with van der Waals surface area (Å²) >= 11 is 0. The van der Waals surface area contributed by atoms with Crippen molar-refractivity contribution >= 4 is 5.97 Å². The average molecular weight is 295 g/mol. The second-order valence-corrected chi connectivity index (χ2v) is 4.82. The highest BCUT2D eigenvalue weighted by atomic mass is 16.5. The highest BCUT2D eigenvalue weighted by Crippen LogP contribution is 2.17. The first-order chi connectivity index (χ1) is 10.2. The third-order valence-electron chi connectivity index (χ3n) is 3.15. The standard InChI is InChI=1S/C16H25NO4/c1-3-4-11-21-12-5-10-17-15(16(18)19)13-6-8-14(20-2)9-7-13/h6-9,15,17H,3-5,10-12H2,1-2H3,(H,18,19). The Hall–Kier alpha value is -1.59. The summed E-state index contributed by atoms with van der Waals surface area (Å²) in [5.74, 6) is -0.167. The number of methoxy groups -OCH3 is 1. The Morgan fingerprint density at radius 3 is 2.48 bits per heavy atom. The van der Waals surface area contributed by atoms with Gasteiger partial charge in [0.15, 0.2) is 0 Å². The lowest BCUT2D eigenvalue weighted by atomic mass is 10.1. The highest BCUT2D eigenvalue weighted by molar-refractivity contribution is 5.75. The van der Waals surface area contributed by atoms with Gasteiger partial charge in [0, 0.05) is 13.2 Å². The molecule has 0 radical (unpaired) electrons. The van der Waals surface area contributed by atoms with Crippen LogP contribution in [0.4, 0.5) is 0 Å². The maximum atomic E-state index is 11.3. The first-order valence-corrected chi connectivity index (χ1v) is 7.37. The van der Waals surface area contributed by atoms with E-state index in [4.69, 9.17) is 9.47 Å². The Kier molecular flexibility index (Phi) is 8.47. The van der Waals surface area contributed by atoms with E-state index in [9.17, 15) is 9.90 Å². The molecule has 5 heteroatoms. The van der Waals surface area contributed by atoms with E-state index in [0.29, 0.717) is 18.9 Å². The predicted molar refractivity (Wildman–Crippen MR) is 81.7 cm³/mol. The van der Waals surface area contributed by atoms with Crippen LogP contribution in [0.1, 0.15) is 37.8 Å². The largest absolute Gasteiger partial charge is 0.497 e. The quantitative estimate of drug-likeness (QED) is 0.614. The van der Waals surface area contributed by atoms with Gasteiger partial charge in [-0.15, -0.1) is 0 Å². The van der Waals surface area contributed by atoms with Crippen molar-refractivity contribution in [1.82, 2.24) is 5.32 Å². The lowest BCUT2D eigenvalue weighted by Crippen LogP contribution is -2.29. The van der Waals surface area contributed by atoms with Gasteiger partial charge in [-0.3, -0.25) is 4.79 Å². The molecule has 21 heavy (non-hydrogen) atoms. The molecule has 0 spiro atoms. The summed E-state index contributed by atoms with van der Waals surface area (Å²) in [6.45, 7) is 4.16. The summed E-state index contributed by atoms with van der Waals surface area (Å²) in [6.07, 6.45) is 2.98. The lowest BCUT2D eigenvalue weighted by Gasteiger charge is -2.15. The molecule has 1 rings (SSSR count). The number of carboxylic acid groups (broad SMARTS) is 1. The molecule has 0 aromatic heterocycles. The van der Waals surface area contributed by atoms with Crippen molar-refractivity contribution in [1.29, 1.82) is 0 Å². The van der Waals surface area contributed by atoms with E-state index in [1.165, 1.54) is 0 Å². The van der Waals surface area contributed by atoms with Gasteiger partial charge in [0.25, 0.3) is 0 Å². The van der Waals surface area contributed by atoms with Gasteiger partial charge in [0.2, 0.25) is 0 Å². The Labute approximate surface area is 126 Å². The molecule has 5 nitrogen and oxygen atoms in total. The number of nitrogens with one attached hydrogen (secondary N) is 1. The van der Waals surface area contributed by atoms with E-state index in [1.54, 1.807) is 31.4 Å². The van der Waals surface area contributed by atoms with Gasteiger partial charge in [0.1, 0.15) is 11.8 Å². The highest BCUT2D eigenvalue weighted by Gasteiger charge is 2.18. The van der Waals surface area contributed by atoms with Gasteiger partial charge < -0.3 is 19.9 Å². The van der Waals surface area contributed by atoms with E-state index >= 15 is 0 Å². The molecule has 0 aliphatic rings. The van der Waals surface area contributed by atoms with Crippen molar-refractivity contribution in [3.05, 3.63) is 29.8 Å². The second kappa shape index (κ2) is 10.2. The molecule has 0 aliphatic carbocycles. The molecule has 1 aromatic carbocycles. The van der Waals surface area contributed by atoms with Crippen LogP contribution in [0.5, 0.6) is 5.75 Å². The van der Waals surface area contributed by atoms with E-state index in [2.05, 4.69) is 12.2 Å². The van der Waals surface area contributed by atoms with Crippen LogP contribution in [-0.4, -0.2) is 37.9 Å². The summed E-state index contributed by atoms with van der Waals surface area (Å²) in [7, 11) is 1.58. The molecular formula is C16H25NO4. The molecule has 0 fully saturated rings. The molecule has 0 saturated carbocycles. The van der Waals surface area contributed by atoms with Crippen molar-refractivity contribution in [2.75, 3.05) is 26.9 Å². The first-order valence-electron chi connectivity index (χ1n) is 7.37. The van der Waals surface area contributed by atoms with Crippen molar-refractivity contribution in [2.45, 2.75) is 32.2 Å². The minimum atomic E-state index is -0.882. The van der Waals surface area contributed by atoms with Gasteiger partial charge in [-0.1, -0.05) is 25.5 Å². The smallest absolute Gasteiger partial charge is 0.325 e. The monoisotopic (exact) mass is 295 g/mol. The van der Waals surface area contributed by atoms with Crippen molar-refractivity contribution < 1.29 is 19.4 Å². The number of hydrogen-bond donors (Lipinski definition) is 2. The number of rotatable bonds is 11. The average Bonchev–Trinajstić information content (AvgIpc) is 2.50. The zero-order valence-electron chi connectivity index (χ0n) is 12.8. The minimum Gasteiger partial charge on any atom is -0.497 e. The van der Waals surface area contributed by atoms with Crippen molar-refractivity contribution in [3.63, 3.8) is 0 Å². The van der Waals surface area contributed by atoms with Crippen molar-refractivity contribution in [2.24, 2.45) is 0 Å². The Balaban J connectivity index is 2.38. The molecule has 0 bridgehead atoms. The van der Waals surface area contributed by atoms with Gasteiger partial charge in [-0.2, -0.15) is 0 Å². The molecule has 1 unspecified atom stereocenters. The maximum absolute atomic E-state index is 11.3. The molecule has 0 saturated heterocycles. The molecule has 118 valence electrons. The fourth-order valence-electron chi connectivity index (χ4n) is 1.91. The fourth-order valence-corrected chi connectivity index (χ4v) is 1.91. The number of aliphatic carboxylic acids is 1. The van der Waals surface area contributed by atoms with Crippen LogP contribution in [0.3, 0.4) is 0 Å². The summed E-state index contributed by atoms with van der Waals surface area (Å²) in [5.41, 5.74) is 0.718. The first kappa shape index (κ1) is 17.5. The Morgan fingerprint density at radius 2 is 1.90 bits per heavy atom. The molecule has 2 N–H and O–H groups in total. The third kappa shape index (κ3) is 6.60. The van der Waals surface area contributed by atoms with E-state index in [0.717, 1.165) is 31.4 Å². The normalized spacial score (nSPS) is 12.1. The van der Waals surface area contributed by atoms with Crippen LogP contribution in [0.25, 0.3) is 0 Å². The molecule has 0 heterocycles. The third-order valence-corrected chi connectivity index (χ3v) is 3.15.